The highest BCUT2D eigenvalue weighted by atomic mass is 32.2. The van der Waals surface area contributed by atoms with Crippen LogP contribution in [0.25, 0.3) is 5.69 Å². The summed E-state index contributed by atoms with van der Waals surface area (Å²) in [7, 11) is -2.02. The highest BCUT2D eigenvalue weighted by molar-refractivity contribution is 7.89. The molecule has 0 saturated heterocycles. The van der Waals surface area contributed by atoms with Crippen LogP contribution in [0.1, 0.15) is 16.8 Å². The Balaban J connectivity index is 1.67. The number of para-hydroxylation sites is 1. The van der Waals surface area contributed by atoms with Gasteiger partial charge in [0.05, 0.1) is 23.4 Å². The number of nitrogens with zero attached hydrogens (tertiary/aromatic N) is 2. The zero-order valence-electron chi connectivity index (χ0n) is 15.6. The first-order valence-electron chi connectivity index (χ1n) is 8.65. The first-order valence-corrected chi connectivity index (χ1v) is 10.1. The van der Waals surface area contributed by atoms with E-state index in [0.717, 1.165) is 16.9 Å². The summed E-state index contributed by atoms with van der Waals surface area (Å²) in [4.78, 5) is 0.274. The van der Waals surface area contributed by atoms with E-state index in [1.807, 2.05) is 49.5 Å². The van der Waals surface area contributed by atoms with E-state index < -0.39 is 10.0 Å². The fourth-order valence-electron chi connectivity index (χ4n) is 2.88. The van der Waals surface area contributed by atoms with E-state index in [-0.39, 0.29) is 11.4 Å². The topological polar surface area (TPSA) is 73.2 Å². The van der Waals surface area contributed by atoms with Crippen molar-refractivity contribution < 1.29 is 13.2 Å². The second-order valence-electron chi connectivity index (χ2n) is 6.32. The molecule has 0 unspecified atom stereocenters. The molecule has 142 valence electrons. The third-order valence-corrected chi connectivity index (χ3v) is 5.92. The molecule has 0 bridgehead atoms. The average molecular weight is 385 g/mol. The lowest BCUT2D eigenvalue weighted by Crippen LogP contribution is -2.27. The molecule has 0 aliphatic rings. The minimum Gasteiger partial charge on any atom is -0.496 e. The molecule has 1 heterocycles. The molecule has 0 spiro atoms. The van der Waals surface area contributed by atoms with E-state index in [1.165, 1.54) is 0 Å². The summed E-state index contributed by atoms with van der Waals surface area (Å²) < 4.78 is 35.0. The summed E-state index contributed by atoms with van der Waals surface area (Å²) in [5, 5.41) is 4.49. The van der Waals surface area contributed by atoms with E-state index in [2.05, 4.69) is 9.82 Å². The van der Waals surface area contributed by atoms with Crippen LogP contribution < -0.4 is 9.46 Å². The maximum absolute atomic E-state index is 12.6. The van der Waals surface area contributed by atoms with Gasteiger partial charge in [-0.05, 0) is 55.3 Å². The first-order chi connectivity index (χ1) is 12.9. The monoisotopic (exact) mass is 385 g/mol. The van der Waals surface area contributed by atoms with Gasteiger partial charge in [-0.1, -0.05) is 18.2 Å². The molecule has 6 nitrogen and oxygen atoms in total. The molecule has 0 aliphatic heterocycles. The molecule has 0 fully saturated rings. The van der Waals surface area contributed by atoms with Crippen molar-refractivity contribution in [2.75, 3.05) is 13.7 Å². The minimum atomic E-state index is -3.59. The fourth-order valence-corrected chi connectivity index (χ4v) is 4.22. The van der Waals surface area contributed by atoms with Crippen LogP contribution >= 0.6 is 0 Å². The number of methoxy groups -OCH3 is 1. The molecule has 27 heavy (non-hydrogen) atoms. The minimum absolute atomic E-state index is 0.274. The van der Waals surface area contributed by atoms with Gasteiger partial charge >= 0.3 is 0 Å². The number of nitrogens with one attached hydrogen (secondary N) is 1. The number of benzene rings is 2. The van der Waals surface area contributed by atoms with Crippen molar-refractivity contribution in [1.82, 2.24) is 14.5 Å². The highest BCUT2D eigenvalue weighted by Gasteiger charge is 2.18. The summed E-state index contributed by atoms with van der Waals surface area (Å²) in [6.45, 7) is 3.87. The number of aromatic nitrogens is 2. The lowest BCUT2D eigenvalue weighted by molar-refractivity contribution is 0.411. The molecule has 7 heteroatoms. The van der Waals surface area contributed by atoms with Crippen LogP contribution in [0, 0.1) is 13.8 Å². The molecule has 3 aromatic rings. The number of ether oxygens (including phenoxy) is 1. The molecule has 0 saturated carbocycles. The molecule has 2 aromatic carbocycles. The van der Waals surface area contributed by atoms with Crippen molar-refractivity contribution in [3.8, 4) is 11.4 Å². The zero-order valence-corrected chi connectivity index (χ0v) is 16.5. The largest absolute Gasteiger partial charge is 0.496 e. The number of hydrogen-bond donors (Lipinski definition) is 1. The number of hydrogen-bond acceptors (Lipinski definition) is 4. The lowest BCUT2D eigenvalue weighted by atomic mass is 10.1. The van der Waals surface area contributed by atoms with Gasteiger partial charge in [-0.25, -0.2) is 17.8 Å². The van der Waals surface area contributed by atoms with Crippen molar-refractivity contribution in [2.24, 2.45) is 0 Å². The third-order valence-electron chi connectivity index (χ3n) is 4.32. The van der Waals surface area contributed by atoms with Gasteiger partial charge < -0.3 is 4.74 Å². The van der Waals surface area contributed by atoms with E-state index in [4.69, 9.17) is 4.74 Å². The van der Waals surface area contributed by atoms with Gasteiger partial charge in [0.1, 0.15) is 5.75 Å². The second kappa shape index (κ2) is 7.94. The van der Waals surface area contributed by atoms with Gasteiger partial charge in [-0.3, -0.25) is 0 Å². The number of sulfonamides is 1. The Morgan fingerprint density at radius 3 is 2.52 bits per heavy atom. The molecule has 1 aromatic heterocycles. The summed E-state index contributed by atoms with van der Waals surface area (Å²) in [6.07, 6.45) is 2.38. The Morgan fingerprint density at radius 2 is 1.81 bits per heavy atom. The molecular weight excluding hydrogens is 362 g/mol. The Kier molecular flexibility index (Phi) is 5.62. The van der Waals surface area contributed by atoms with Crippen LogP contribution in [0.5, 0.6) is 5.75 Å². The maximum atomic E-state index is 12.6. The lowest BCUT2D eigenvalue weighted by Gasteiger charge is -2.12. The van der Waals surface area contributed by atoms with Crippen LogP contribution in [0.3, 0.4) is 0 Å². The van der Waals surface area contributed by atoms with Crippen molar-refractivity contribution in [1.29, 1.82) is 0 Å². The van der Waals surface area contributed by atoms with Crippen LogP contribution in [-0.2, 0) is 16.4 Å². The molecule has 0 radical (unpaired) electrons. The average Bonchev–Trinajstić information content (AvgIpc) is 3.12. The predicted molar refractivity (Wildman–Crippen MR) is 105 cm³/mol. The van der Waals surface area contributed by atoms with Crippen molar-refractivity contribution >= 4 is 10.0 Å². The summed E-state index contributed by atoms with van der Waals surface area (Å²) in [5.74, 6) is 0.679. The smallest absolute Gasteiger partial charge is 0.240 e. The Bertz CT molecular complexity index is 1030. The quantitative estimate of drug-likeness (QED) is 0.678. The molecular formula is C20H23N3O3S. The molecule has 0 atom stereocenters. The van der Waals surface area contributed by atoms with Gasteiger partial charge in [0.2, 0.25) is 10.0 Å². The molecule has 0 aliphatic carbocycles. The molecule has 3 rings (SSSR count). The van der Waals surface area contributed by atoms with Gasteiger partial charge in [-0.2, -0.15) is 5.10 Å². The molecule has 1 N–H and O–H groups in total. The van der Waals surface area contributed by atoms with Crippen molar-refractivity contribution in [2.45, 2.75) is 25.2 Å². The number of rotatable bonds is 7. The normalized spacial score (nSPS) is 11.5. The highest BCUT2D eigenvalue weighted by Crippen LogP contribution is 2.25. The van der Waals surface area contributed by atoms with Crippen LogP contribution in [0.15, 0.2) is 59.6 Å². The number of aryl methyl sites for hydroxylation is 2. The van der Waals surface area contributed by atoms with E-state index >= 15 is 0 Å². The first kappa shape index (κ1) is 19.1. The Hall–Kier alpha value is -2.64. The predicted octanol–water partition coefficient (Wildman–Crippen LogP) is 3.02. The summed E-state index contributed by atoms with van der Waals surface area (Å²) in [6, 6.07) is 15.1. The van der Waals surface area contributed by atoms with Crippen molar-refractivity contribution in [3.05, 3.63) is 71.5 Å². The van der Waals surface area contributed by atoms with E-state index in [0.29, 0.717) is 17.7 Å². The van der Waals surface area contributed by atoms with Gasteiger partial charge in [0.25, 0.3) is 0 Å². The maximum Gasteiger partial charge on any atom is 0.240 e. The zero-order chi connectivity index (χ0) is 19.4. The van der Waals surface area contributed by atoms with Crippen LogP contribution in [0.4, 0.5) is 0 Å². The fraction of sp³-hybridized carbons (Fsp3) is 0.250. The summed E-state index contributed by atoms with van der Waals surface area (Å²) in [5.41, 5.74) is 3.22. The SMILES string of the molecule is COc1cc(C)c(S(=O)(=O)NCCc2ccn(-c3ccccc3)n2)cc1C. The third kappa shape index (κ3) is 4.37. The Labute approximate surface area is 159 Å². The Morgan fingerprint density at radius 1 is 1.07 bits per heavy atom. The summed E-state index contributed by atoms with van der Waals surface area (Å²) >= 11 is 0. The second-order valence-corrected chi connectivity index (χ2v) is 8.06. The van der Waals surface area contributed by atoms with Crippen LogP contribution in [-0.4, -0.2) is 31.9 Å². The van der Waals surface area contributed by atoms with Gasteiger partial charge in [-0.15, -0.1) is 0 Å². The van der Waals surface area contributed by atoms with Crippen molar-refractivity contribution in [3.63, 3.8) is 0 Å². The van der Waals surface area contributed by atoms with E-state index in [9.17, 15) is 8.42 Å². The molecule has 0 amide bonds. The van der Waals surface area contributed by atoms with E-state index in [1.54, 1.807) is 30.8 Å². The van der Waals surface area contributed by atoms with Crippen LogP contribution in [0.2, 0.25) is 0 Å². The standard InChI is InChI=1S/C20H23N3O3S/c1-15-14-20(16(2)13-19(15)26-3)27(24,25)21-11-9-17-10-12-23(22-17)18-7-5-4-6-8-18/h4-8,10,12-14,21H,9,11H2,1-3H3. The van der Waals surface area contributed by atoms with Gasteiger partial charge in [0, 0.05) is 19.2 Å². The van der Waals surface area contributed by atoms with Gasteiger partial charge in [0.15, 0.2) is 0 Å².